The molecule has 0 saturated heterocycles. The molecule has 6 heteroatoms. The van der Waals surface area contributed by atoms with E-state index >= 15 is 0 Å². The second-order valence-electron chi connectivity index (χ2n) is 23.5. The quantitative estimate of drug-likeness (QED) is 0.0851. The molecule has 2 aromatic heterocycles. The Balaban J connectivity index is 0.00000672. The Labute approximate surface area is 455 Å². The van der Waals surface area contributed by atoms with E-state index in [2.05, 4.69) is 255 Å². The van der Waals surface area contributed by atoms with E-state index in [0.29, 0.717) is 18.3 Å². The summed E-state index contributed by atoms with van der Waals surface area (Å²) in [6, 6.07) is 62.6. The van der Waals surface area contributed by atoms with Gasteiger partial charge in [-0.2, -0.15) is 37.0 Å². The van der Waals surface area contributed by atoms with Crippen LogP contribution in [0.3, 0.4) is 0 Å². The Morgan fingerprint density at radius 3 is 2.07 bits per heavy atom. The Morgan fingerprint density at radius 2 is 1.31 bits per heavy atom. The fraction of sp³-hybridized carbons (Fsp3) is 0.294. The molecule has 7 aromatic carbocycles. The first-order valence-corrected chi connectivity index (χ1v) is 26.4. The second kappa shape index (κ2) is 21.1. The molecule has 9 aromatic rings. The molecule has 0 fully saturated rings. The number of aromatic nitrogens is 2. The van der Waals surface area contributed by atoms with Crippen LogP contribution < -0.4 is 14.5 Å². The number of unbranched alkanes of at least 4 members (excludes halogenated alkanes) is 1. The first-order valence-electron chi connectivity index (χ1n) is 26.4. The predicted octanol–water partition coefficient (Wildman–Crippen LogP) is 17.8. The third-order valence-electron chi connectivity index (χ3n) is 14.7. The van der Waals surface area contributed by atoms with Crippen molar-refractivity contribution in [3.63, 3.8) is 0 Å². The summed E-state index contributed by atoms with van der Waals surface area (Å²) in [5, 5.41) is 2.28. The van der Waals surface area contributed by atoms with Gasteiger partial charge in [0.05, 0.1) is 6.61 Å². The molecule has 5 nitrogen and oxygen atoms in total. The number of para-hydroxylation sites is 1. The van der Waals surface area contributed by atoms with Gasteiger partial charge in [-0.1, -0.05) is 173 Å². The molecule has 0 unspecified atom stereocenters. The van der Waals surface area contributed by atoms with Crippen LogP contribution in [0.5, 0.6) is 5.75 Å². The van der Waals surface area contributed by atoms with E-state index in [1.54, 1.807) is 0 Å². The van der Waals surface area contributed by atoms with Gasteiger partial charge in [-0.3, -0.25) is 0 Å². The van der Waals surface area contributed by atoms with Crippen molar-refractivity contribution < 1.29 is 25.8 Å². The maximum absolute atomic E-state index is 6.58. The van der Waals surface area contributed by atoms with Gasteiger partial charge >= 0.3 is 0 Å². The van der Waals surface area contributed by atoms with Crippen molar-refractivity contribution >= 4 is 38.9 Å². The summed E-state index contributed by atoms with van der Waals surface area (Å²) in [7, 11) is 0. The monoisotopic (exact) mass is 1150 g/mol. The minimum Gasteiger partial charge on any atom is -0.517 e. The molecule has 3 heterocycles. The van der Waals surface area contributed by atoms with Crippen LogP contribution in [0, 0.1) is 18.8 Å². The molecule has 382 valence electrons. The Morgan fingerprint density at radius 1 is 0.595 bits per heavy atom. The zero-order valence-corrected chi connectivity index (χ0v) is 47.5. The molecule has 0 saturated carbocycles. The molecule has 0 bridgehead atoms. The van der Waals surface area contributed by atoms with E-state index < -0.39 is 0 Å². The van der Waals surface area contributed by atoms with E-state index in [1.165, 1.54) is 55.8 Å². The molecule has 0 radical (unpaired) electrons. The van der Waals surface area contributed by atoms with Gasteiger partial charge in [0, 0.05) is 49.9 Å². The summed E-state index contributed by atoms with van der Waals surface area (Å²) >= 11 is 0. The van der Waals surface area contributed by atoms with Crippen LogP contribution in [-0.4, -0.2) is 16.1 Å². The Bertz CT molecular complexity index is 3440. The zero-order chi connectivity index (χ0) is 51.2. The minimum absolute atomic E-state index is 0. The number of fused-ring (bicyclic) bond motifs is 4. The molecule has 10 rings (SSSR count). The number of ether oxygens (including phenoxy) is 1. The first kappa shape index (κ1) is 52.4. The minimum atomic E-state index is -0.0133. The van der Waals surface area contributed by atoms with Crippen LogP contribution in [0.1, 0.15) is 128 Å². The van der Waals surface area contributed by atoms with Gasteiger partial charge in [-0.15, -0.1) is 28.8 Å². The molecule has 0 spiro atoms. The largest absolute Gasteiger partial charge is 0.517 e. The van der Waals surface area contributed by atoms with Crippen LogP contribution in [0.15, 0.2) is 158 Å². The second-order valence-corrected chi connectivity index (χ2v) is 23.5. The summed E-state index contributed by atoms with van der Waals surface area (Å²) < 4.78 is 8.80. The molecule has 1 aliphatic heterocycles. The number of hydrogen-bond acceptors (Lipinski definition) is 4. The van der Waals surface area contributed by atoms with Gasteiger partial charge in [0.15, 0.2) is 0 Å². The van der Waals surface area contributed by atoms with E-state index in [9.17, 15) is 0 Å². The number of benzene rings is 7. The molecule has 0 amide bonds. The first-order chi connectivity index (χ1) is 34.9. The van der Waals surface area contributed by atoms with Gasteiger partial charge in [0.25, 0.3) is 0 Å². The maximum atomic E-state index is 6.58. The van der Waals surface area contributed by atoms with Crippen molar-refractivity contribution in [2.24, 2.45) is 0 Å². The van der Waals surface area contributed by atoms with Crippen molar-refractivity contribution in [2.45, 2.75) is 124 Å². The number of pyridine rings is 1. The predicted molar refractivity (Wildman–Crippen MR) is 308 cm³/mol. The van der Waals surface area contributed by atoms with E-state index in [0.717, 1.165) is 70.4 Å². The summed E-state index contributed by atoms with van der Waals surface area (Å²) in [6.45, 7) is 28.9. The maximum Gasteiger partial charge on any atom is 0.135 e. The van der Waals surface area contributed by atoms with E-state index in [4.69, 9.17) is 9.72 Å². The average Bonchev–Trinajstić information content (AvgIpc) is 3.92. The standard InChI is InChI=1S/C68H71N4O.Pt/c1-46(2)59-40-53(68(9,10)11)41-60(50-24-20-25-51(38-50)66(3,4)5)56(59)27-17-18-36-70-45-71(62-33-30-49(39-64(62)70)48-22-13-12-14-23-48)54-26-19-21-47(37-54)44-73-55-31-32-58-57-28-15-16-29-61(57)72(63(58)43-55)65-42-52(34-35-69-65)67(6,7)8;/h12-16,19-26,28-35,38-42,45-46H,17-18,27,36,44H2,1-11H3;/q-3;. The summed E-state index contributed by atoms with van der Waals surface area (Å²) in [5.74, 6) is 1.96. The topological polar surface area (TPSA) is 33.5 Å². The van der Waals surface area contributed by atoms with Gasteiger partial charge in [0.1, 0.15) is 5.82 Å². The van der Waals surface area contributed by atoms with Crippen LogP contribution >= 0.6 is 0 Å². The Hall–Kier alpha value is -6.42. The normalized spacial score (nSPS) is 13.0. The van der Waals surface area contributed by atoms with Crippen molar-refractivity contribution in [2.75, 3.05) is 16.3 Å². The van der Waals surface area contributed by atoms with Crippen molar-refractivity contribution in [1.82, 2.24) is 9.55 Å². The summed E-state index contributed by atoms with van der Waals surface area (Å²) in [5.41, 5.74) is 18.5. The van der Waals surface area contributed by atoms with Crippen molar-refractivity contribution in [3.8, 4) is 33.8 Å². The average molecular weight is 1160 g/mol. The molecular weight excluding hydrogens is 1080 g/mol. The van der Waals surface area contributed by atoms with E-state index in [-0.39, 0.29) is 37.3 Å². The van der Waals surface area contributed by atoms with Gasteiger partial charge in [-0.25, -0.2) is 4.98 Å². The van der Waals surface area contributed by atoms with Gasteiger partial charge in [0.2, 0.25) is 0 Å². The summed E-state index contributed by atoms with van der Waals surface area (Å²) in [6.07, 6.45) is 5.04. The summed E-state index contributed by atoms with van der Waals surface area (Å²) in [4.78, 5) is 9.62. The van der Waals surface area contributed by atoms with Crippen LogP contribution in [0.4, 0.5) is 17.1 Å². The smallest absolute Gasteiger partial charge is 0.135 e. The van der Waals surface area contributed by atoms with Crippen LogP contribution in [-0.2, 0) is 50.3 Å². The molecule has 0 aliphatic carbocycles. The fourth-order valence-corrected chi connectivity index (χ4v) is 10.4. The molecule has 0 atom stereocenters. The Kier molecular flexibility index (Phi) is 14.9. The molecule has 0 N–H and O–H groups in total. The third-order valence-corrected chi connectivity index (χ3v) is 14.7. The molecule has 74 heavy (non-hydrogen) atoms. The van der Waals surface area contributed by atoms with E-state index in [1.807, 2.05) is 12.3 Å². The number of rotatable bonds is 13. The van der Waals surface area contributed by atoms with Gasteiger partial charge in [-0.05, 0) is 134 Å². The fourth-order valence-electron chi connectivity index (χ4n) is 10.4. The zero-order valence-electron chi connectivity index (χ0n) is 45.2. The SMILES string of the molecule is CC(C)c1cc(C(C)(C)C)cc(-c2cccc(C(C)(C)C)c2)c1CCCCN1[CH-]N(c2[c-]c(COc3[c-]c4c(cc3)c3ccccc3n4-c3cc(C(C)(C)C)ccn3)ccc2)c2ccc(-c3ccccc3)cc21.[Pt]. The van der Waals surface area contributed by atoms with Crippen LogP contribution in [0.25, 0.3) is 49.9 Å². The molecule has 1 aliphatic rings. The molecular formula is C68H71N4OPt-3. The number of nitrogens with zero attached hydrogens (tertiary/aromatic N) is 4. The van der Waals surface area contributed by atoms with Crippen molar-refractivity contribution in [3.05, 3.63) is 210 Å². The third kappa shape index (κ3) is 10.9. The number of hydrogen-bond donors (Lipinski definition) is 0. The number of anilines is 3. The van der Waals surface area contributed by atoms with Crippen LogP contribution in [0.2, 0.25) is 0 Å². The van der Waals surface area contributed by atoms with Gasteiger partial charge < -0.3 is 19.1 Å². The van der Waals surface area contributed by atoms with Crippen molar-refractivity contribution in [1.29, 1.82) is 0 Å².